The molecule has 0 bridgehead atoms. The zero-order valence-electron chi connectivity index (χ0n) is 66.3. The van der Waals surface area contributed by atoms with E-state index < -0.39 is 97.5 Å². The number of unbranched alkanes of at least 4 members (excludes halogenated alkanes) is 26. The van der Waals surface area contributed by atoms with Gasteiger partial charge in [-0.3, -0.25) is 37.3 Å². The van der Waals surface area contributed by atoms with Crippen LogP contribution in [0.1, 0.15) is 323 Å². The number of rotatable bonds is 76. The largest absolute Gasteiger partial charge is 0.472 e. The van der Waals surface area contributed by atoms with Crippen molar-refractivity contribution in [3.05, 3.63) is 146 Å². The fraction of sp³-hybridized carbons (Fsp3) is 0.678. The van der Waals surface area contributed by atoms with Crippen LogP contribution in [0.2, 0.25) is 0 Å². The van der Waals surface area contributed by atoms with Gasteiger partial charge in [-0.15, -0.1) is 0 Å². The van der Waals surface area contributed by atoms with Gasteiger partial charge in [0.1, 0.15) is 19.3 Å². The van der Waals surface area contributed by atoms with Gasteiger partial charge >= 0.3 is 39.5 Å². The number of phosphoric ester groups is 2. The summed E-state index contributed by atoms with van der Waals surface area (Å²) in [5, 5.41) is 10.7. The number of esters is 4. The van der Waals surface area contributed by atoms with Crippen LogP contribution in [-0.4, -0.2) is 96.7 Å². The fourth-order valence-electron chi connectivity index (χ4n) is 10.7. The molecule has 0 aliphatic carbocycles. The second-order valence-corrected chi connectivity index (χ2v) is 29.8. The van der Waals surface area contributed by atoms with Crippen molar-refractivity contribution in [2.24, 2.45) is 0 Å². The van der Waals surface area contributed by atoms with Crippen LogP contribution in [0.5, 0.6) is 0 Å². The van der Waals surface area contributed by atoms with E-state index in [0.717, 1.165) is 173 Å². The van der Waals surface area contributed by atoms with Crippen molar-refractivity contribution in [2.45, 2.75) is 341 Å². The van der Waals surface area contributed by atoms with E-state index in [1.54, 1.807) is 0 Å². The van der Waals surface area contributed by atoms with E-state index in [2.05, 4.69) is 161 Å². The topological polar surface area (TPSA) is 237 Å². The Hall–Kier alpha value is -5.06. The smallest absolute Gasteiger partial charge is 0.462 e. The minimum Gasteiger partial charge on any atom is -0.462 e. The van der Waals surface area contributed by atoms with Crippen LogP contribution in [0.15, 0.2) is 146 Å². The predicted octanol–water partition coefficient (Wildman–Crippen LogP) is 24.2. The van der Waals surface area contributed by atoms with Crippen molar-refractivity contribution in [1.29, 1.82) is 0 Å². The molecular formula is C87H146O17P2. The van der Waals surface area contributed by atoms with Crippen LogP contribution in [-0.2, 0) is 65.4 Å². The van der Waals surface area contributed by atoms with Gasteiger partial charge < -0.3 is 33.8 Å². The molecule has 0 aliphatic rings. The number of hydrogen-bond acceptors (Lipinski definition) is 15. The normalized spacial score (nSPS) is 14.6. The molecule has 0 heterocycles. The van der Waals surface area contributed by atoms with Crippen LogP contribution in [0, 0.1) is 0 Å². The molecule has 0 saturated carbocycles. The lowest BCUT2D eigenvalue weighted by atomic mass is 10.0. The molecule has 0 radical (unpaired) electrons. The average molecular weight is 1530 g/mol. The van der Waals surface area contributed by atoms with E-state index in [0.29, 0.717) is 32.1 Å². The van der Waals surface area contributed by atoms with Gasteiger partial charge in [0.15, 0.2) is 12.2 Å². The standard InChI is InChI=1S/C87H146O17P2/c1-5-9-13-17-21-25-29-33-37-39-40-42-45-48-52-56-60-64-68-72-85(90)98-78-83(104-87(92)74-70-66-62-58-54-50-46-41-38-34-30-26-22-18-14-10-6-2)80-102-106(95,96)100-76-81(88)75-99-105(93,94)101-79-82(103-86(91)73-69-65-61-57-53-49-44-36-32-28-24-20-16-12-8-4)77-97-84(89)71-67-63-59-55-51-47-43-35-31-27-23-19-15-11-7-3/h9-11,13-15,21-23,25-27,33-35,37-38,40,42-43,46,50,58,62,81-83,88H,5-8,12,16-20,24,28-32,36,39,41,44-45,47-49,51-57,59-61,63-80H2,1-4H3,(H,93,94)(H,95,96)/b13-9-,14-10-,15-11-,25-21-,26-22-,27-23-,37-33-,38-34-,42-40-,43-35-,50-46-,62-58-. The second kappa shape index (κ2) is 78.1. The summed E-state index contributed by atoms with van der Waals surface area (Å²) in [6, 6.07) is 0. The van der Waals surface area contributed by atoms with Crippen molar-refractivity contribution < 1.29 is 80.2 Å². The Labute approximate surface area is 643 Å². The highest BCUT2D eigenvalue weighted by Gasteiger charge is 2.30. The number of carbonyl (C=O) groups is 4. The third-order valence-corrected chi connectivity index (χ3v) is 18.7. The third kappa shape index (κ3) is 77.1. The molecule has 5 unspecified atom stereocenters. The van der Waals surface area contributed by atoms with Crippen molar-refractivity contribution in [3.8, 4) is 0 Å². The molecule has 0 fully saturated rings. The first kappa shape index (κ1) is 101. The molecular weight excluding hydrogens is 1380 g/mol. The summed E-state index contributed by atoms with van der Waals surface area (Å²) in [6.45, 7) is 4.46. The van der Waals surface area contributed by atoms with Gasteiger partial charge in [0, 0.05) is 25.7 Å². The van der Waals surface area contributed by atoms with Crippen molar-refractivity contribution in [1.82, 2.24) is 0 Å². The van der Waals surface area contributed by atoms with E-state index >= 15 is 0 Å². The summed E-state index contributed by atoms with van der Waals surface area (Å²) in [5.41, 5.74) is 0. The van der Waals surface area contributed by atoms with Crippen LogP contribution in [0.3, 0.4) is 0 Å². The molecule has 106 heavy (non-hydrogen) atoms. The lowest BCUT2D eigenvalue weighted by Crippen LogP contribution is -2.30. The fourth-order valence-corrected chi connectivity index (χ4v) is 12.3. The Balaban J connectivity index is 5.44. The summed E-state index contributed by atoms with van der Waals surface area (Å²) >= 11 is 0. The maximum Gasteiger partial charge on any atom is 0.472 e. The van der Waals surface area contributed by atoms with E-state index in [1.807, 2.05) is 12.2 Å². The molecule has 0 aromatic carbocycles. The molecule has 3 N–H and O–H groups in total. The highest BCUT2D eigenvalue weighted by molar-refractivity contribution is 7.47. The molecule has 0 amide bonds. The van der Waals surface area contributed by atoms with Gasteiger partial charge in [-0.2, -0.15) is 0 Å². The monoisotopic (exact) mass is 1530 g/mol. The minimum atomic E-state index is -5.00. The maximum absolute atomic E-state index is 13.1. The van der Waals surface area contributed by atoms with Gasteiger partial charge in [0.25, 0.3) is 0 Å². The Bertz CT molecular complexity index is 2580. The van der Waals surface area contributed by atoms with E-state index in [9.17, 15) is 43.2 Å². The third-order valence-electron chi connectivity index (χ3n) is 16.8. The van der Waals surface area contributed by atoms with Crippen LogP contribution in [0.4, 0.5) is 0 Å². The number of allylic oxidation sites excluding steroid dienone is 24. The maximum atomic E-state index is 13.1. The Kier molecular flexibility index (Phi) is 74.3. The highest BCUT2D eigenvalue weighted by atomic mass is 31.2. The molecule has 19 heteroatoms. The van der Waals surface area contributed by atoms with Gasteiger partial charge in [0.05, 0.1) is 26.4 Å². The predicted molar refractivity (Wildman–Crippen MR) is 436 cm³/mol. The molecule has 0 spiro atoms. The number of ether oxygens (including phenoxy) is 4. The number of aliphatic hydroxyl groups is 1. The van der Waals surface area contributed by atoms with Gasteiger partial charge in [-0.1, -0.05) is 308 Å². The Morgan fingerprint density at radius 3 is 0.792 bits per heavy atom. The van der Waals surface area contributed by atoms with Gasteiger partial charge in [-0.05, 0) is 135 Å². The molecule has 0 saturated heterocycles. The first-order valence-electron chi connectivity index (χ1n) is 41.1. The first-order valence-corrected chi connectivity index (χ1v) is 44.1. The lowest BCUT2D eigenvalue weighted by molar-refractivity contribution is -0.161. The second-order valence-electron chi connectivity index (χ2n) is 26.9. The Morgan fingerprint density at radius 2 is 0.500 bits per heavy atom. The molecule has 0 aromatic heterocycles. The zero-order chi connectivity index (χ0) is 77.4. The zero-order valence-corrected chi connectivity index (χ0v) is 68.1. The van der Waals surface area contributed by atoms with Crippen LogP contribution < -0.4 is 0 Å². The molecule has 17 nitrogen and oxygen atoms in total. The average Bonchev–Trinajstić information content (AvgIpc) is 0.907. The van der Waals surface area contributed by atoms with E-state index in [1.165, 1.54) is 64.2 Å². The lowest BCUT2D eigenvalue weighted by Gasteiger charge is -2.21. The molecule has 0 aliphatic heterocycles. The van der Waals surface area contributed by atoms with E-state index in [4.69, 9.17) is 37.0 Å². The minimum absolute atomic E-state index is 0.00917. The number of aliphatic hydroxyl groups excluding tert-OH is 1. The van der Waals surface area contributed by atoms with E-state index in [-0.39, 0.29) is 25.7 Å². The number of phosphoric acid groups is 2. The molecule has 0 aromatic rings. The highest BCUT2D eigenvalue weighted by Crippen LogP contribution is 2.45. The summed E-state index contributed by atoms with van der Waals surface area (Å²) < 4.78 is 68.6. The summed E-state index contributed by atoms with van der Waals surface area (Å²) in [4.78, 5) is 73.1. The SMILES string of the molecule is CC/C=C\C/C=C\C/C=C\C/C=C\C/C=C\CCCC(=O)OC(COC(=O)CCCCCCCC/C=C\C/C=C\C/C=C\C/C=C\CC)COP(=O)(O)OCC(O)COP(=O)(O)OCC(COC(=O)CCCCCCC/C=C\C/C=C\C/C=C\CC)OC(=O)CCCCCCCCCCCCCCCCC. The van der Waals surface area contributed by atoms with Crippen molar-refractivity contribution >= 4 is 39.5 Å². The number of carbonyl (C=O) groups excluding carboxylic acids is 4. The first-order chi connectivity index (χ1) is 51.7. The quantitative estimate of drug-likeness (QED) is 0.0169. The van der Waals surface area contributed by atoms with Crippen molar-refractivity contribution in [3.63, 3.8) is 0 Å². The Morgan fingerprint density at radius 1 is 0.274 bits per heavy atom. The molecule has 606 valence electrons. The molecule has 5 atom stereocenters. The van der Waals surface area contributed by atoms with Crippen LogP contribution >= 0.6 is 15.6 Å². The van der Waals surface area contributed by atoms with Gasteiger partial charge in [0.2, 0.25) is 0 Å². The van der Waals surface area contributed by atoms with Gasteiger partial charge in [-0.25, -0.2) is 9.13 Å². The summed E-state index contributed by atoms with van der Waals surface area (Å²) in [7, 11) is -9.99. The number of hydrogen-bond donors (Lipinski definition) is 3. The summed E-state index contributed by atoms with van der Waals surface area (Å²) in [5.74, 6) is -2.27. The van der Waals surface area contributed by atoms with Crippen molar-refractivity contribution in [2.75, 3.05) is 39.6 Å². The summed E-state index contributed by atoms with van der Waals surface area (Å²) in [6.07, 6.45) is 89.7. The molecule has 0 rings (SSSR count). The van der Waals surface area contributed by atoms with Crippen LogP contribution in [0.25, 0.3) is 0 Å².